The van der Waals surface area contributed by atoms with Crippen LogP contribution in [0.5, 0.6) is 0 Å². The zero-order chi connectivity index (χ0) is 24.3. The Morgan fingerprint density at radius 1 is 1.15 bits per heavy atom. The van der Waals surface area contributed by atoms with Gasteiger partial charge in [0.2, 0.25) is 0 Å². The monoisotopic (exact) mass is 512 g/mol. The van der Waals surface area contributed by atoms with Crippen LogP contribution in [0, 0.1) is 21.4 Å². The van der Waals surface area contributed by atoms with E-state index in [-0.39, 0.29) is 28.4 Å². The van der Waals surface area contributed by atoms with E-state index < -0.39 is 28.5 Å². The van der Waals surface area contributed by atoms with Crippen LogP contribution in [0.1, 0.15) is 11.5 Å². The van der Waals surface area contributed by atoms with Crippen molar-refractivity contribution in [2.75, 3.05) is 19.1 Å². The highest BCUT2D eigenvalue weighted by atomic mass is 79.9. The molecule has 0 spiro atoms. The molecule has 0 amide bonds. The molecule has 0 saturated heterocycles. The standard InChI is InChI=1S/C22H17BrN4O6/c1-32-21(28)18-17(12-6-4-3-5-7-12)14(11-24)20(25)26(19(18)22(29)33-2)15-9-8-13(23)10-16(15)27(30)31/h3-10,17H,25H2,1-2H3. The molecule has 3 rings (SSSR count). The molecule has 1 unspecified atom stereocenters. The normalized spacial score (nSPS) is 15.7. The highest BCUT2D eigenvalue weighted by molar-refractivity contribution is 9.10. The van der Waals surface area contributed by atoms with Gasteiger partial charge < -0.3 is 15.2 Å². The lowest BCUT2D eigenvalue weighted by Crippen LogP contribution is -2.41. The van der Waals surface area contributed by atoms with Gasteiger partial charge in [0.1, 0.15) is 17.2 Å². The van der Waals surface area contributed by atoms with Crippen LogP contribution < -0.4 is 10.6 Å². The molecule has 0 bridgehead atoms. The summed E-state index contributed by atoms with van der Waals surface area (Å²) in [5.74, 6) is -3.24. The predicted molar refractivity (Wildman–Crippen MR) is 120 cm³/mol. The molecule has 11 heteroatoms. The molecule has 0 aromatic heterocycles. The fourth-order valence-corrected chi connectivity index (χ4v) is 3.94. The van der Waals surface area contributed by atoms with Crippen molar-refractivity contribution in [3.8, 4) is 6.07 Å². The molecule has 2 aromatic carbocycles. The lowest BCUT2D eigenvalue weighted by molar-refractivity contribution is -0.384. The van der Waals surface area contributed by atoms with E-state index in [0.717, 1.165) is 19.1 Å². The van der Waals surface area contributed by atoms with Crippen LogP contribution in [0.4, 0.5) is 11.4 Å². The summed E-state index contributed by atoms with van der Waals surface area (Å²) in [6, 6.07) is 14.5. The Hall–Kier alpha value is -4.17. The van der Waals surface area contributed by atoms with Crippen molar-refractivity contribution in [1.82, 2.24) is 0 Å². The zero-order valence-corrected chi connectivity index (χ0v) is 19.0. The lowest BCUT2D eigenvalue weighted by Gasteiger charge is -2.35. The molecule has 0 aliphatic carbocycles. The van der Waals surface area contributed by atoms with E-state index in [1.807, 2.05) is 6.07 Å². The zero-order valence-electron chi connectivity index (χ0n) is 17.4. The van der Waals surface area contributed by atoms with Gasteiger partial charge in [-0.3, -0.25) is 15.0 Å². The predicted octanol–water partition coefficient (Wildman–Crippen LogP) is 3.26. The van der Waals surface area contributed by atoms with Gasteiger partial charge in [-0.2, -0.15) is 5.26 Å². The van der Waals surface area contributed by atoms with Crippen molar-refractivity contribution in [2.24, 2.45) is 5.73 Å². The average Bonchev–Trinajstić information content (AvgIpc) is 2.82. The summed E-state index contributed by atoms with van der Waals surface area (Å²) in [6.45, 7) is 0. The van der Waals surface area contributed by atoms with Crippen LogP contribution in [0.15, 0.2) is 75.7 Å². The molecule has 168 valence electrons. The number of nitro groups is 1. The topological polar surface area (TPSA) is 149 Å². The first-order valence-corrected chi connectivity index (χ1v) is 10.2. The van der Waals surface area contributed by atoms with Gasteiger partial charge in [0.15, 0.2) is 0 Å². The molecule has 2 aromatic rings. The molecular formula is C22H17BrN4O6. The molecule has 33 heavy (non-hydrogen) atoms. The molecule has 1 aliphatic heterocycles. The number of carbonyl (C=O) groups excluding carboxylic acids is 2. The number of allylic oxidation sites excluding steroid dienone is 1. The SMILES string of the molecule is COC(=O)C1=C(C(=O)OC)N(c2ccc(Br)cc2[N+](=O)[O-])C(N)=C(C#N)C1c1ccccc1. The second-order valence-electron chi connectivity index (χ2n) is 6.73. The van der Waals surface area contributed by atoms with Crippen molar-refractivity contribution in [3.05, 3.63) is 91.3 Å². The van der Waals surface area contributed by atoms with Crippen molar-refractivity contribution in [2.45, 2.75) is 5.92 Å². The van der Waals surface area contributed by atoms with Crippen LogP contribution in [-0.4, -0.2) is 31.1 Å². The number of anilines is 1. The third-order valence-electron chi connectivity index (χ3n) is 4.99. The number of methoxy groups -OCH3 is 2. The van der Waals surface area contributed by atoms with Crippen molar-refractivity contribution in [1.29, 1.82) is 5.26 Å². The van der Waals surface area contributed by atoms with Crippen molar-refractivity contribution in [3.63, 3.8) is 0 Å². The number of nitrogens with two attached hydrogens (primary N) is 1. The Bertz CT molecular complexity index is 1250. The Balaban J connectivity index is 2.48. The van der Waals surface area contributed by atoms with Gasteiger partial charge in [0.25, 0.3) is 5.69 Å². The number of halogens is 1. The van der Waals surface area contributed by atoms with Crippen molar-refractivity contribution < 1.29 is 24.0 Å². The summed E-state index contributed by atoms with van der Waals surface area (Å²) in [5, 5.41) is 21.8. The van der Waals surface area contributed by atoms with Crippen LogP contribution in [0.25, 0.3) is 0 Å². The summed E-state index contributed by atoms with van der Waals surface area (Å²) >= 11 is 3.18. The number of hydrogen-bond acceptors (Lipinski definition) is 9. The Morgan fingerprint density at radius 3 is 2.33 bits per heavy atom. The second-order valence-corrected chi connectivity index (χ2v) is 7.64. The Morgan fingerprint density at radius 2 is 1.79 bits per heavy atom. The summed E-state index contributed by atoms with van der Waals surface area (Å²) in [4.78, 5) is 38.1. The maximum atomic E-state index is 13.0. The van der Waals surface area contributed by atoms with Crippen LogP contribution in [0.3, 0.4) is 0 Å². The fraction of sp³-hybridized carbons (Fsp3) is 0.136. The number of nitriles is 1. The van der Waals surface area contributed by atoms with E-state index in [9.17, 15) is 25.0 Å². The molecular weight excluding hydrogens is 496 g/mol. The average molecular weight is 513 g/mol. The van der Waals surface area contributed by atoms with Gasteiger partial charge in [0.05, 0.1) is 42.3 Å². The summed E-state index contributed by atoms with van der Waals surface area (Å²) in [6.07, 6.45) is 0. The van der Waals surface area contributed by atoms with Gasteiger partial charge in [-0.25, -0.2) is 9.59 Å². The molecule has 0 fully saturated rings. The summed E-state index contributed by atoms with van der Waals surface area (Å²) < 4.78 is 10.2. The van der Waals surface area contributed by atoms with Crippen LogP contribution in [-0.2, 0) is 19.1 Å². The van der Waals surface area contributed by atoms with Crippen molar-refractivity contribution >= 4 is 39.2 Å². The lowest BCUT2D eigenvalue weighted by atomic mass is 9.81. The highest BCUT2D eigenvalue weighted by Gasteiger charge is 2.44. The Kier molecular flexibility index (Phi) is 6.79. The number of carbonyl (C=O) groups is 2. The number of rotatable bonds is 5. The number of nitro benzene ring substituents is 1. The minimum Gasteiger partial charge on any atom is -0.466 e. The number of esters is 2. The molecule has 1 heterocycles. The van der Waals surface area contributed by atoms with Gasteiger partial charge in [0, 0.05) is 10.5 Å². The molecule has 1 atom stereocenters. The van der Waals surface area contributed by atoms with E-state index in [1.165, 1.54) is 18.2 Å². The summed E-state index contributed by atoms with van der Waals surface area (Å²) in [5.41, 5.74) is 5.55. The number of hydrogen-bond donors (Lipinski definition) is 1. The number of benzene rings is 2. The first-order chi connectivity index (χ1) is 15.8. The maximum Gasteiger partial charge on any atom is 0.355 e. The summed E-state index contributed by atoms with van der Waals surface area (Å²) in [7, 11) is 2.21. The van der Waals surface area contributed by atoms with E-state index in [1.54, 1.807) is 30.3 Å². The van der Waals surface area contributed by atoms with E-state index in [2.05, 4.69) is 15.9 Å². The van der Waals surface area contributed by atoms with Crippen LogP contribution >= 0.6 is 15.9 Å². The van der Waals surface area contributed by atoms with Crippen LogP contribution in [0.2, 0.25) is 0 Å². The molecule has 2 N–H and O–H groups in total. The smallest absolute Gasteiger partial charge is 0.355 e. The first-order valence-electron chi connectivity index (χ1n) is 9.36. The molecule has 1 aliphatic rings. The minimum absolute atomic E-state index is 0.0912. The molecule has 0 saturated carbocycles. The number of ether oxygens (including phenoxy) is 2. The van der Waals surface area contributed by atoms with E-state index in [4.69, 9.17) is 15.2 Å². The minimum atomic E-state index is -1.07. The van der Waals surface area contributed by atoms with E-state index in [0.29, 0.717) is 10.0 Å². The Labute approximate surface area is 196 Å². The number of nitrogens with zero attached hydrogens (tertiary/aromatic N) is 3. The van der Waals surface area contributed by atoms with E-state index >= 15 is 0 Å². The third kappa shape index (κ3) is 4.16. The first kappa shape index (κ1) is 23.5. The largest absolute Gasteiger partial charge is 0.466 e. The quantitative estimate of drug-likeness (QED) is 0.361. The third-order valence-corrected chi connectivity index (χ3v) is 5.48. The van der Waals surface area contributed by atoms with Gasteiger partial charge in [-0.05, 0) is 17.7 Å². The molecule has 10 nitrogen and oxygen atoms in total. The van der Waals surface area contributed by atoms with Gasteiger partial charge in [-0.15, -0.1) is 0 Å². The maximum absolute atomic E-state index is 13.0. The fourth-order valence-electron chi connectivity index (χ4n) is 3.60. The second kappa shape index (κ2) is 9.54. The highest BCUT2D eigenvalue weighted by Crippen LogP contribution is 2.45. The molecule has 0 radical (unpaired) electrons. The van der Waals surface area contributed by atoms with Gasteiger partial charge in [-0.1, -0.05) is 46.3 Å². The van der Waals surface area contributed by atoms with Gasteiger partial charge >= 0.3 is 11.9 Å².